The number of hydrogen-bond donors (Lipinski definition) is 3. The van der Waals surface area contributed by atoms with Crippen molar-refractivity contribution in [3.05, 3.63) is 46.2 Å². The molecule has 6 nitrogen and oxygen atoms in total. The van der Waals surface area contributed by atoms with Gasteiger partial charge in [-0.25, -0.2) is 0 Å². The highest BCUT2D eigenvalue weighted by atomic mass is 79.9. The van der Waals surface area contributed by atoms with Gasteiger partial charge in [-0.2, -0.15) is 5.10 Å². The van der Waals surface area contributed by atoms with Crippen molar-refractivity contribution in [1.29, 1.82) is 0 Å². The first-order valence-electron chi connectivity index (χ1n) is 5.90. The van der Waals surface area contributed by atoms with Gasteiger partial charge in [0.1, 0.15) is 0 Å². The summed E-state index contributed by atoms with van der Waals surface area (Å²) in [5, 5.41) is 11.6. The largest absolute Gasteiger partial charge is 0.343 e. The first-order valence-corrected chi connectivity index (χ1v) is 6.69. The van der Waals surface area contributed by atoms with Crippen molar-refractivity contribution in [3.63, 3.8) is 0 Å². The number of aryl methyl sites for hydroxylation is 1. The summed E-state index contributed by atoms with van der Waals surface area (Å²) in [6.45, 7) is 1.64. The van der Waals surface area contributed by atoms with E-state index in [0.29, 0.717) is 16.9 Å². The first-order chi connectivity index (χ1) is 9.56. The lowest BCUT2D eigenvalue weighted by Gasteiger charge is -2.06. The maximum absolute atomic E-state index is 11.8. The Morgan fingerprint density at radius 1 is 1.30 bits per heavy atom. The molecule has 0 unspecified atom stereocenters. The number of halogens is 1. The number of carbonyl (C=O) groups excluding carboxylic acids is 2. The van der Waals surface area contributed by atoms with E-state index in [-0.39, 0.29) is 18.4 Å². The SMILES string of the molecule is Cc1[nH]ncc1C(=O)NCC(=O)Nc1ccc(Br)cc1. The van der Waals surface area contributed by atoms with E-state index in [9.17, 15) is 9.59 Å². The Hall–Kier alpha value is -2.15. The van der Waals surface area contributed by atoms with Crippen LogP contribution in [0.15, 0.2) is 34.9 Å². The molecular formula is C13H13BrN4O2. The summed E-state index contributed by atoms with van der Waals surface area (Å²) < 4.78 is 0.930. The molecule has 0 aliphatic rings. The van der Waals surface area contributed by atoms with E-state index in [0.717, 1.165) is 4.47 Å². The minimum Gasteiger partial charge on any atom is -0.343 e. The normalized spacial score (nSPS) is 10.1. The monoisotopic (exact) mass is 336 g/mol. The molecule has 0 spiro atoms. The van der Waals surface area contributed by atoms with Crippen LogP contribution in [-0.4, -0.2) is 28.6 Å². The van der Waals surface area contributed by atoms with Gasteiger partial charge in [-0.05, 0) is 31.2 Å². The van der Waals surface area contributed by atoms with Gasteiger partial charge >= 0.3 is 0 Å². The molecule has 2 amide bonds. The summed E-state index contributed by atoms with van der Waals surface area (Å²) in [5.41, 5.74) is 1.77. The van der Waals surface area contributed by atoms with E-state index >= 15 is 0 Å². The average Bonchev–Trinajstić information content (AvgIpc) is 2.85. The number of H-pyrrole nitrogens is 1. The van der Waals surface area contributed by atoms with Gasteiger partial charge in [0.15, 0.2) is 0 Å². The molecule has 2 aromatic rings. The molecule has 0 bridgehead atoms. The van der Waals surface area contributed by atoms with E-state index in [1.807, 2.05) is 12.1 Å². The Bertz CT molecular complexity index is 622. The molecule has 1 heterocycles. The molecule has 3 N–H and O–H groups in total. The fraction of sp³-hybridized carbons (Fsp3) is 0.154. The summed E-state index contributed by atoms with van der Waals surface area (Å²) in [7, 11) is 0. The van der Waals surface area contributed by atoms with E-state index in [1.54, 1.807) is 19.1 Å². The van der Waals surface area contributed by atoms with E-state index in [1.165, 1.54) is 6.20 Å². The Morgan fingerprint density at radius 2 is 2.00 bits per heavy atom. The maximum Gasteiger partial charge on any atom is 0.255 e. The molecular weight excluding hydrogens is 324 g/mol. The Morgan fingerprint density at radius 3 is 2.60 bits per heavy atom. The molecule has 2 rings (SSSR count). The topological polar surface area (TPSA) is 86.9 Å². The Balaban J connectivity index is 1.85. The second-order valence-electron chi connectivity index (χ2n) is 4.15. The molecule has 0 saturated carbocycles. The Labute approximate surface area is 124 Å². The highest BCUT2D eigenvalue weighted by Crippen LogP contribution is 2.13. The van der Waals surface area contributed by atoms with Gasteiger partial charge < -0.3 is 10.6 Å². The van der Waals surface area contributed by atoms with Crippen LogP contribution in [0.3, 0.4) is 0 Å². The molecule has 104 valence electrons. The van der Waals surface area contributed by atoms with Crippen molar-refractivity contribution in [2.24, 2.45) is 0 Å². The van der Waals surface area contributed by atoms with Crippen LogP contribution in [0.25, 0.3) is 0 Å². The third-order valence-electron chi connectivity index (χ3n) is 2.61. The number of nitrogens with one attached hydrogen (secondary N) is 3. The van der Waals surface area contributed by atoms with Crippen molar-refractivity contribution >= 4 is 33.4 Å². The fourth-order valence-electron chi connectivity index (χ4n) is 1.57. The highest BCUT2D eigenvalue weighted by Gasteiger charge is 2.11. The second kappa shape index (κ2) is 6.33. The molecule has 1 aromatic carbocycles. The molecule has 1 aromatic heterocycles. The van der Waals surface area contributed by atoms with Crippen molar-refractivity contribution in [3.8, 4) is 0 Å². The number of amides is 2. The molecule has 0 aliphatic heterocycles. The summed E-state index contributed by atoms with van der Waals surface area (Å²) in [5.74, 6) is -0.621. The smallest absolute Gasteiger partial charge is 0.255 e. The minimum absolute atomic E-state index is 0.0977. The zero-order chi connectivity index (χ0) is 14.5. The van der Waals surface area contributed by atoms with E-state index in [4.69, 9.17) is 0 Å². The lowest BCUT2D eigenvalue weighted by Crippen LogP contribution is -2.33. The van der Waals surface area contributed by atoms with Gasteiger partial charge in [0, 0.05) is 15.9 Å². The summed E-state index contributed by atoms with van der Waals surface area (Å²) in [4.78, 5) is 23.5. The fourth-order valence-corrected chi connectivity index (χ4v) is 1.84. The second-order valence-corrected chi connectivity index (χ2v) is 5.06. The number of anilines is 1. The number of aromatic nitrogens is 2. The number of rotatable bonds is 4. The summed E-state index contributed by atoms with van der Waals surface area (Å²) in [6, 6.07) is 7.18. The van der Waals surface area contributed by atoms with E-state index < -0.39 is 0 Å². The minimum atomic E-state index is -0.331. The van der Waals surface area contributed by atoms with Crippen LogP contribution in [0.5, 0.6) is 0 Å². The van der Waals surface area contributed by atoms with Gasteiger partial charge in [0.25, 0.3) is 5.91 Å². The molecule has 0 atom stereocenters. The van der Waals surface area contributed by atoms with Crippen LogP contribution < -0.4 is 10.6 Å². The third-order valence-corrected chi connectivity index (χ3v) is 3.14. The van der Waals surface area contributed by atoms with Gasteiger partial charge in [0.2, 0.25) is 5.91 Å². The predicted molar refractivity (Wildman–Crippen MR) is 78.4 cm³/mol. The van der Waals surface area contributed by atoms with Gasteiger partial charge in [-0.3, -0.25) is 14.7 Å². The van der Waals surface area contributed by atoms with Crippen LogP contribution in [0.4, 0.5) is 5.69 Å². The quantitative estimate of drug-likeness (QED) is 0.796. The highest BCUT2D eigenvalue weighted by molar-refractivity contribution is 9.10. The number of carbonyl (C=O) groups is 2. The van der Waals surface area contributed by atoms with Gasteiger partial charge in [0.05, 0.1) is 18.3 Å². The zero-order valence-corrected chi connectivity index (χ0v) is 12.3. The van der Waals surface area contributed by atoms with Gasteiger partial charge in [-0.1, -0.05) is 15.9 Å². The van der Waals surface area contributed by atoms with Gasteiger partial charge in [-0.15, -0.1) is 0 Å². The zero-order valence-electron chi connectivity index (χ0n) is 10.7. The van der Waals surface area contributed by atoms with Crippen LogP contribution in [0, 0.1) is 6.92 Å². The van der Waals surface area contributed by atoms with Crippen LogP contribution in [0.1, 0.15) is 16.1 Å². The summed E-state index contributed by atoms with van der Waals surface area (Å²) >= 11 is 3.31. The van der Waals surface area contributed by atoms with E-state index in [2.05, 4.69) is 36.8 Å². The van der Waals surface area contributed by atoms with Crippen molar-refractivity contribution < 1.29 is 9.59 Å². The lowest BCUT2D eigenvalue weighted by molar-refractivity contribution is -0.115. The molecule has 0 radical (unpaired) electrons. The van der Waals surface area contributed by atoms with Crippen LogP contribution >= 0.6 is 15.9 Å². The molecule has 0 aliphatic carbocycles. The molecule has 20 heavy (non-hydrogen) atoms. The number of hydrogen-bond acceptors (Lipinski definition) is 3. The van der Waals surface area contributed by atoms with Crippen molar-refractivity contribution in [2.45, 2.75) is 6.92 Å². The first kappa shape index (κ1) is 14.3. The summed E-state index contributed by atoms with van der Waals surface area (Å²) in [6.07, 6.45) is 1.43. The lowest BCUT2D eigenvalue weighted by atomic mass is 10.2. The number of benzene rings is 1. The average molecular weight is 337 g/mol. The molecule has 7 heteroatoms. The molecule has 0 fully saturated rings. The third kappa shape index (κ3) is 3.67. The predicted octanol–water partition coefficient (Wildman–Crippen LogP) is 1.85. The Kier molecular flexibility index (Phi) is 4.52. The van der Waals surface area contributed by atoms with Crippen LogP contribution in [-0.2, 0) is 4.79 Å². The number of aromatic amines is 1. The molecule has 0 saturated heterocycles. The van der Waals surface area contributed by atoms with Crippen molar-refractivity contribution in [1.82, 2.24) is 15.5 Å². The maximum atomic E-state index is 11.8. The standard InChI is InChI=1S/C13H13BrN4O2/c1-8-11(6-16-18-8)13(20)15-7-12(19)17-10-4-2-9(14)3-5-10/h2-6H,7H2,1H3,(H,15,20)(H,16,18)(H,17,19). The van der Waals surface area contributed by atoms with Crippen LogP contribution in [0.2, 0.25) is 0 Å². The number of nitrogens with zero attached hydrogens (tertiary/aromatic N) is 1. The van der Waals surface area contributed by atoms with Crippen molar-refractivity contribution in [2.75, 3.05) is 11.9 Å².